The predicted octanol–water partition coefficient (Wildman–Crippen LogP) is 1.70. The molecule has 0 aliphatic rings. The molecule has 4 nitrogen and oxygen atoms in total. The summed E-state index contributed by atoms with van der Waals surface area (Å²) in [5, 5.41) is 3.03. The van der Waals surface area contributed by atoms with E-state index in [0.717, 1.165) is 18.4 Å². The zero-order valence-electron chi connectivity index (χ0n) is 11.5. The van der Waals surface area contributed by atoms with Gasteiger partial charge in [-0.3, -0.25) is 4.99 Å². The first-order valence-corrected chi connectivity index (χ1v) is 6.41. The predicted molar refractivity (Wildman–Crippen MR) is 75.7 cm³/mol. The molecule has 106 valence electrons. The fourth-order valence-electron chi connectivity index (χ4n) is 1.76. The Balaban J connectivity index is 2.25. The van der Waals surface area contributed by atoms with Crippen molar-refractivity contribution in [3.8, 4) is 0 Å². The molecule has 0 saturated heterocycles. The van der Waals surface area contributed by atoms with E-state index in [1.807, 2.05) is 13.0 Å². The van der Waals surface area contributed by atoms with Gasteiger partial charge < -0.3 is 15.8 Å². The lowest BCUT2D eigenvalue weighted by Gasteiger charge is -2.12. The number of aliphatic imine (C=N–C) groups is 1. The summed E-state index contributed by atoms with van der Waals surface area (Å²) in [5.74, 6) is 0.222. The fourth-order valence-corrected chi connectivity index (χ4v) is 1.76. The average Bonchev–Trinajstić information content (AvgIpc) is 2.35. The number of nitrogens with two attached hydrogens (primary N) is 1. The molecule has 1 aromatic rings. The van der Waals surface area contributed by atoms with Crippen LogP contribution in [0.5, 0.6) is 0 Å². The number of hydrogen-bond donors (Lipinski definition) is 2. The van der Waals surface area contributed by atoms with Crippen LogP contribution in [0.2, 0.25) is 0 Å². The average molecular weight is 267 g/mol. The standard InChI is InChI=1S/C14H22FN3O/c1-11(10-19-2)18-14(16)17-8-4-6-12-5-3-7-13(15)9-12/h3,5,7,9,11H,4,6,8,10H2,1-2H3,(H3,16,17,18). The first kappa shape index (κ1) is 15.4. The lowest BCUT2D eigenvalue weighted by molar-refractivity contribution is 0.179. The van der Waals surface area contributed by atoms with E-state index in [1.54, 1.807) is 19.2 Å². The molecule has 19 heavy (non-hydrogen) atoms. The summed E-state index contributed by atoms with van der Waals surface area (Å²) in [6, 6.07) is 6.76. The Morgan fingerprint density at radius 1 is 1.53 bits per heavy atom. The number of hydrogen-bond acceptors (Lipinski definition) is 2. The molecule has 1 rings (SSSR count). The smallest absolute Gasteiger partial charge is 0.188 e. The van der Waals surface area contributed by atoms with E-state index in [1.165, 1.54) is 6.07 Å². The molecular weight excluding hydrogens is 245 g/mol. The number of ether oxygens (including phenoxy) is 1. The zero-order chi connectivity index (χ0) is 14.1. The number of methoxy groups -OCH3 is 1. The molecule has 0 heterocycles. The van der Waals surface area contributed by atoms with E-state index >= 15 is 0 Å². The number of aryl methyl sites for hydroxylation is 1. The van der Waals surface area contributed by atoms with Crippen LogP contribution in [0.4, 0.5) is 4.39 Å². The van der Waals surface area contributed by atoms with Crippen molar-refractivity contribution in [2.45, 2.75) is 25.8 Å². The van der Waals surface area contributed by atoms with Gasteiger partial charge in [-0.25, -0.2) is 4.39 Å². The maximum atomic E-state index is 13.0. The van der Waals surface area contributed by atoms with Crippen molar-refractivity contribution in [2.75, 3.05) is 20.3 Å². The van der Waals surface area contributed by atoms with E-state index in [9.17, 15) is 4.39 Å². The maximum Gasteiger partial charge on any atom is 0.188 e. The number of nitrogens with zero attached hydrogens (tertiary/aromatic N) is 1. The number of nitrogens with one attached hydrogen (secondary N) is 1. The van der Waals surface area contributed by atoms with E-state index < -0.39 is 0 Å². The van der Waals surface area contributed by atoms with Gasteiger partial charge in [-0.15, -0.1) is 0 Å². The van der Waals surface area contributed by atoms with Gasteiger partial charge in [0.15, 0.2) is 5.96 Å². The van der Waals surface area contributed by atoms with Gasteiger partial charge >= 0.3 is 0 Å². The van der Waals surface area contributed by atoms with Crippen LogP contribution < -0.4 is 11.1 Å². The molecule has 0 bridgehead atoms. The summed E-state index contributed by atoms with van der Waals surface area (Å²) in [5.41, 5.74) is 6.71. The van der Waals surface area contributed by atoms with Gasteiger partial charge in [-0.1, -0.05) is 12.1 Å². The molecule has 0 fully saturated rings. The summed E-state index contributed by atoms with van der Waals surface area (Å²) in [4.78, 5) is 4.22. The van der Waals surface area contributed by atoms with Gasteiger partial charge in [0, 0.05) is 19.7 Å². The largest absolute Gasteiger partial charge is 0.383 e. The van der Waals surface area contributed by atoms with E-state index in [-0.39, 0.29) is 11.9 Å². The third-order valence-corrected chi connectivity index (χ3v) is 2.61. The molecule has 0 spiro atoms. The molecule has 0 aromatic heterocycles. The van der Waals surface area contributed by atoms with Crippen LogP contribution in [0.15, 0.2) is 29.3 Å². The maximum absolute atomic E-state index is 13.0. The van der Waals surface area contributed by atoms with Crippen LogP contribution in [0, 0.1) is 5.82 Å². The van der Waals surface area contributed by atoms with Crippen molar-refractivity contribution in [1.82, 2.24) is 5.32 Å². The van der Waals surface area contributed by atoms with Crippen LogP contribution in [0.25, 0.3) is 0 Å². The summed E-state index contributed by atoms with van der Waals surface area (Å²) >= 11 is 0. The van der Waals surface area contributed by atoms with Gasteiger partial charge in [-0.2, -0.15) is 0 Å². The van der Waals surface area contributed by atoms with Gasteiger partial charge in [0.25, 0.3) is 0 Å². The molecule has 1 atom stereocenters. The Morgan fingerprint density at radius 3 is 3.00 bits per heavy atom. The first-order valence-electron chi connectivity index (χ1n) is 6.41. The molecule has 0 saturated carbocycles. The SMILES string of the molecule is COCC(C)NC(N)=NCCCc1cccc(F)c1. The molecule has 3 N–H and O–H groups in total. The van der Waals surface area contributed by atoms with Crippen molar-refractivity contribution in [3.63, 3.8) is 0 Å². The van der Waals surface area contributed by atoms with Crippen LogP contribution in [0.1, 0.15) is 18.9 Å². The van der Waals surface area contributed by atoms with Crippen LogP contribution >= 0.6 is 0 Å². The molecule has 0 amide bonds. The molecule has 1 aromatic carbocycles. The number of benzene rings is 1. The number of halogens is 1. The van der Waals surface area contributed by atoms with Crippen molar-refractivity contribution in [1.29, 1.82) is 0 Å². The molecule has 0 aliphatic carbocycles. The fraction of sp³-hybridized carbons (Fsp3) is 0.500. The second kappa shape index (κ2) is 8.48. The normalized spacial score (nSPS) is 13.3. The molecular formula is C14H22FN3O. The highest BCUT2D eigenvalue weighted by molar-refractivity contribution is 5.78. The molecule has 5 heteroatoms. The minimum Gasteiger partial charge on any atom is -0.383 e. The van der Waals surface area contributed by atoms with E-state index in [0.29, 0.717) is 19.1 Å². The lowest BCUT2D eigenvalue weighted by atomic mass is 10.1. The Morgan fingerprint density at radius 2 is 2.32 bits per heavy atom. The van der Waals surface area contributed by atoms with Crippen LogP contribution in [0.3, 0.4) is 0 Å². The minimum absolute atomic E-state index is 0.136. The summed E-state index contributed by atoms with van der Waals surface area (Å²) in [6.45, 7) is 3.17. The van der Waals surface area contributed by atoms with Gasteiger partial charge in [0.1, 0.15) is 5.82 Å². The van der Waals surface area contributed by atoms with Gasteiger partial charge in [0.05, 0.1) is 6.61 Å². The minimum atomic E-state index is -0.199. The molecule has 0 aliphatic heterocycles. The van der Waals surface area contributed by atoms with Crippen molar-refractivity contribution < 1.29 is 9.13 Å². The quantitative estimate of drug-likeness (QED) is 0.449. The summed E-state index contributed by atoms with van der Waals surface area (Å²) in [6.07, 6.45) is 1.63. The third kappa shape index (κ3) is 6.76. The second-order valence-corrected chi connectivity index (χ2v) is 4.50. The summed E-state index contributed by atoms with van der Waals surface area (Å²) < 4.78 is 17.9. The Hall–Kier alpha value is -1.62. The second-order valence-electron chi connectivity index (χ2n) is 4.50. The van der Waals surface area contributed by atoms with E-state index in [4.69, 9.17) is 10.5 Å². The number of rotatable bonds is 7. The van der Waals surface area contributed by atoms with Gasteiger partial charge in [-0.05, 0) is 37.5 Å². The zero-order valence-corrected chi connectivity index (χ0v) is 11.5. The topological polar surface area (TPSA) is 59.6 Å². The lowest BCUT2D eigenvalue weighted by Crippen LogP contribution is -2.40. The van der Waals surface area contributed by atoms with Crippen LogP contribution in [-0.2, 0) is 11.2 Å². The van der Waals surface area contributed by atoms with Gasteiger partial charge in [0.2, 0.25) is 0 Å². The first-order chi connectivity index (χ1) is 9.11. The monoisotopic (exact) mass is 267 g/mol. The Kier molecular flexibility index (Phi) is 6.89. The number of guanidine groups is 1. The molecule has 0 radical (unpaired) electrons. The van der Waals surface area contributed by atoms with Crippen molar-refractivity contribution in [2.24, 2.45) is 10.7 Å². The highest BCUT2D eigenvalue weighted by Gasteiger charge is 2.01. The third-order valence-electron chi connectivity index (χ3n) is 2.61. The highest BCUT2D eigenvalue weighted by atomic mass is 19.1. The Labute approximate surface area is 113 Å². The van der Waals surface area contributed by atoms with Crippen molar-refractivity contribution in [3.05, 3.63) is 35.6 Å². The Bertz CT molecular complexity index is 409. The van der Waals surface area contributed by atoms with E-state index in [2.05, 4.69) is 10.3 Å². The van der Waals surface area contributed by atoms with Crippen LogP contribution in [-0.4, -0.2) is 32.3 Å². The highest BCUT2D eigenvalue weighted by Crippen LogP contribution is 2.05. The molecule has 1 unspecified atom stereocenters. The summed E-state index contributed by atoms with van der Waals surface area (Å²) in [7, 11) is 1.64. The van der Waals surface area contributed by atoms with Crippen molar-refractivity contribution >= 4 is 5.96 Å².